The molecule has 7 heteroatoms. The zero-order valence-corrected chi connectivity index (χ0v) is 16.3. The zero-order chi connectivity index (χ0) is 18.3. The minimum Gasteiger partial charge on any atom is -0.294 e. The van der Waals surface area contributed by atoms with Gasteiger partial charge in [0.25, 0.3) is 5.56 Å². The van der Waals surface area contributed by atoms with Crippen LogP contribution in [0.15, 0.2) is 59.0 Å². The van der Waals surface area contributed by atoms with Crippen LogP contribution in [-0.4, -0.2) is 9.55 Å². The van der Waals surface area contributed by atoms with Gasteiger partial charge in [0.15, 0.2) is 0 Å². The second-order valence-electron chi connectivity index (χ2n) is 5.76. The fourth-order valence-corrected chi connectivity index (χ4v) is 4.11. The van der Waals surface area contributed by atoms with Gasteiger partial charge in [0.05, 0.1) is 28.3 Å². The fraction of sp³-hybridized carbons (Fsp3) is 0.0526. The minimum absolute atomic E-state index is 0.0905. The van der Waals surface area contributed by atoms with E-state index in [4.69, 9.17) is 34.8 Å². The Morgan fingerprint density at radius 3 is 2.50 bits per heavy atom. The summed E-state index contributed by atoms with van der Waals surface area (Å²) in [5.74, 6) is 0. The van der Waals surface area contributed by atoms with Crippen LogP contribution in [0.2, 0.25) is 15.1 Å². The summed E-state index contributed by atoms with van der Waals surface area (Å²) in [6.45, 7) is 0.370. The SMILES string of the molecule is O=c1c2c(-c3ccc(Cl)cc3)csc2ncn1Cc1ccc(Cl)c(Cl)c1. The average Bonchev–Trinajstić information content (AvgIpc) is 3.06. The Hall–Kier alpha value is -1.85. The summed E-state index contributed by atoms with van der Waals surface area (Å²) < 4.78 is 1.58. The first-order valence-corrected chi connectivity index (χ1v) is 9.71. The van der Waals surface area contributed by atoms with Gasteiger partial charge in [-0.1, -0.05) is 53.0 Å². The van der Waals surface area contributed by atoms with E-state index in [1.807, 2.05) is 35.7 Å². The predicted octanol–water partition coefficient (Wildman–Crippen LogP) is 6.13. The van der Waals surface area contributed by atoms with Gasteiger partial charge in [0.1, 0.15) is 4.83 Å². The first-order valence-electron chi connectivity index (χ1n) is 7.69. The number of thiophene rings is 1. The topological polar surface area (TPSA) is 34.9 Å². The molecule has 2 aromatic heterocycles. The molecule has 0 atom stereocenters. The lowest BCUT2D eigenvalue weighted by atomic mass is 10.1. The maximum absolute atomic E-state index is 13.1. The number of fused-ring (bicyclic) bond motifs is 1. The van der Waals surface area contributed by atoms with Crippen molar-refractivity contribution in [3.8, 4) is 11.1 Å². The van der Waals surface area contributed by atoms with Crippen LogP contribution in [-0.2, 0) is 6.54 Å². The van der Waals surface area contributed by atoms with Gasteiger partial charge in [-0.3, -0.25) is 9.36 Å². The van der Waals surface area contributed by atoms with Crippen molar-refractivity contribution in [1.82, 2.24) is 9.55 Å². The molecule has 4 rings (SSSR count). The lowest BCUT2D eigenvalue weighted by molar-refractivity contribution is 0.749. The first-order chi connectivity index (χ1) is 12.5. The Bertz CT molecular complexity index is 1170. The summed E-state index contributed by atoms with van der Waals surface area (Å²) >= 11 is 19.4. The van der Waals surface area contributed by atoms with Crippen LogP contribution in [0.1, 0.15) is 5.56 Å². The van der Waals surface area contributed by atoms with Gasteiger partial charge in [-0.2, -0.15) is 0 Å². The van der Waals surface area contributed by atoms with E-state index in [0.29, 0.717) is 31.8 Å². The lowest BCUT2D eigenvalue weighted by Crippen LogP contribution is -2.21. The summed E-state index contributed by atoms with van der Waals surface area (Å²) in [5.41, 5.74) is 2.59. The summed E-state index contributed by atoms with van der Waals surface area (Å²) in [6, 6.07) is 12.8. The van der Waals surface area contributed by atoms with Crippen molar-refractivity contribution in [2.24, 2.45) is 0 Å². The van der Waals surface area contributed by atoms with Gasteiger partial charge in [0.2, 0.25) is 0 Å². The van der Waals surface area contributed by atoms with E-state index in [-0.39, 0.29) is 5.56 Å². The molecule has 4 aromatic rings. The quantitative estimate of drug-likeness (QED) is 0.398. The number of aromatic nitrogens is 2. The molecule has 0 aliphatic heterocycles. The second kappa shape index (κ2) is 7.05. The maximum Gasteiger partial charge on any atom is 0.263 e. The fourth-order valence-electron chi connectivity index (χ4n) is 2.76. The molecule has 2 heterocycles. The molecule has 0 saturated heterocycles. The Labute approximate surface area is 168 Å². The monoisotopic (exact) mass is 420 g/mol. The van der Waals surface area contributed by atoms with E-state index in [2.05, 4.69) is 4.98 Å². The summed E-state index contributed by atoms with van der Waals surface area (Å²) in [7, 11) is 0. The van der Waals surface area contributed by atoms with E-state index in [9.17, 15) is 4.79 Å². The maximum atomic E-state index is 13.1. The normalized spacial score (nSPS) is 11.2. The van der Waals surface area contributed by atoms with E-state index >= 15 is 0 Å². The molecule has 2 aromatic carbocycles. The molecule has 3 nitrogen and oxygen atoms in total. The highest BCUT2D eigenvalue weighted by Gasteiger charge is 2.13. The van der Waals surface area contributed by atoms with E-state index in [0.717, 1.165) is 16.7 Å². The number of benzene rings is 2. The van der Waals surface area contributed by atoms with Crippen LogP contribution >= 0.6 is 46.1 Å². The predicted molar refractivity (Wildman–Crippen MR) is 110 cm³/mol. The largest absolute Gasteiger partial charge is 0.294 e. The molecular weight excluding hydrogens is 411 g/mol. The molecular formula is C19H11Cl3N2OS. The zero-order valence-electron chi connectivity index (χ0n) is 13.2. The average molecular weight is 422 g/mol. The third kappa shape index (κ3) is 3.26. The van der Waals surface area contributed by atoms with Gasteiger partial charge in [-0.05, 0) is 35.4 Å². The van der Waals surface area contributed by atoms with Crippen molar-refractivity contribution < 1.29 is 0 Å². The summed E-state index contributed by atoms with van der Waals surface area (Å²) in [5, 5.41) is 4.16. The Morgan fingerprint density at radius 1 is 1.00 bits per heavy atom. The van der Waals surface area contributed by atoms with Gasteiger partial charge in [0, 0.05) is 16.0 Å². The van der Waals surface area contributed by atoms with Crippen LogP contribution in [0.5, 0.6) is 0 Å². The van der Waals surface area contributed by atoms with Gasteiger partial charge < -0.3 is 0 Å². The molecule has 0 unspecified atom stereocenters. The van der Waals surface area contributed by atoms with Crippen molar-refractivity contribution in [1.29, 1.82) is 0 Å². The Morgan fingerprint density at radius 2 is 1.77 bits per heavy atom. The highest BCUT2D eigenvalue weighted by atomic mass is 35.5. The number of hydrogen-bond acceptors (Lipinski definition) is 3. The van der Waals surface area contributed by atoms with E-state index in [1.165, 1.54) is 11.3 Å². The number of rotatable bonds is 3. The minimum atomic E-state index is -0.0905. The van der Waals surface area contributed by atoms with Crippen molar-refractivity contribution in [2.45, 2.75) is 6.54 Å². The molecule has 0 radical (unpaired) electrons. The van der Waals surface area contributed by atoms with E-state index < -0.39 is 0 Å². The van der Waals surface area contributed by atoms with Crippen LogP contribution in [0.25, 0.3) is 21.3 Å². The highest BCUT2D eigenvalue weighted by Crippen LogP contribution is 2.31. The van der Waals surface area contributed by atoms with Crippen molar-refractivity contribution in [3.05, 3.63) is 85.2 Å². The van der Waals surface area contributed by atoms with Gasteiger partial charge in [-0.25, -0.2) is 4.98 Å². The molecule has 0 N–H and O–H groups in total. The van der Waals surface area contributed by atoms with E-state index in [1.54, 1.807) is 23.0 Å². The highest BCUT2D eigenvalue weighted by molar-refractivity contribution is 7.17. The molecule has 0 aliphatic rings. The van der Waals surface area contributed by atoms with Gasteiger partial charge >= 0.3 is 0 Å². The third-order valence-electron chi connectivity index (χ3n) is 4.05. The van der Waals surface area contributed by atoms with Crippen LogP contribution in [0, 0.1) is 0 Å². The number of halogens is 3. The van der Waals surface area contributed by atoms with Crippen molar-refractivity contribution >= 4 is 56.4 Å². The first kappa shape index (κ1) is 17.6. The second-order valence-corrected chi connectivity index (χ2v) is 7.87. The smallest absolute Gasteiger partial charge is 0.263 e. The van der Waals surface area contributed by atoms with Crippen molar-refractivity contribution in [2.75, 3.05) is 0 Å². The Kier molecular flexibility index (Phi) is 4.76. The van der Waals surface area contributed by atoms with Crippen LogP contribution < -0.4 is 5.56 Å². The van der Waals surface area contributed by atoms with Gasteiger partial charge in [-0.15, -0.1) is 11.3 Å². The molecule has 0 amide bonds. The molecule has 0 saturated carbocycles. The van der Waals surface area contributed by atoms with Crippen LogP contribution in [0.4, 0.5) is 0 Å². The molecule has 26 heavy (non-hydrogen) atoms. The molecule has 0 bridgehead atoms. The number of nitrogens with zero attached hydrogens (tertiary/aromatic N) is 2. The Balaban J connectivity index is 1.81. The summed E-state index contributed by atoms with van der Waals surface area (Å²) in [6.07, 6.45) is 1.56. The lowest BCUT2D eigenvalue weighted by Gasteiger charge is -2.07. The number of hydrogen-bond donors (Lipinski definition) is 0. The van der Waals surface area contributed by atoms with Crippen molar-refractivity contribution in [3.63, 3.8) is 0 Å². The molecule has 130 valence electrons. The molecule has 0 fully saturated rings. The summed E-state index contributed by atoms with van der Waals surface area (Å²) in [4.78, 5) is 18.2. The molecule has 0 aliphatic carbocycles. The van der Waals surface area contributed by atoms with Crippen LogP contribution in [0.3, 0.4) is 0 Å². The standard InChI is InChI=1S/C19H11Cl3N2OS/c20-13-4-2-12(3-5-13)14-9-26-18-17(14)19(25)24(10-23-18)8-11-1-6-15(21)16(22)7-11/h1-7,9-10H,8H2. The molecule has 0 spiro atoms. The third-order valence-corrected chi connectivity index (χ3v) is 5.93.